The van der Waals surface area contributed by atoms with E-state index in [2.05, 4.69) is 69.9 Å². The normalized spacial score (nSPS) is 17.7. The highest BCUT2D eigenvalue weighted by Crippen LogP contribution is 2.24. The third kappa shape index (κ3) is 5.42. The Hall–Kier alpha value is -3.02. The van der Waals surface area contributed by atoms with Crippen LogP contribution in [0, 0.1) is 0 Å². The fourth-order valence-electron chi connectivity index (χ4n) is 4.59. The van der Waals surface area contributed by atoms with E-state index < -0.39 is 0 Å². The van der Waals surface area contributed by atoms with Gasteiger partial charge in [0.1, 0.15) is 0 Å². The van der Waals surface area contributed by atoms with Crippen LogP contribution in [0.1, 0.15) is 55.3 Å². The second-order valence-corrected chi connectivity index (χ2v) is 8.77. The minimum Gasteiger partial charge on any atom is -0.372 e. The number of likely N-dealkylation sites (tertiary alicyclic amines) is 1. The fraction of sp³-hybridized carbons (Fsp3) is 0.462. The first kappa shape index (κ1) is 22.2. The predicted molar refractivity (Wildman–Crippen MR) is 131 cm³/mol. The molecule has 2 heterocycles. The van der Waals surface area contributed by atoms with Crippen molar-refractivity contribution in [3.8, 4) is 0 Å². The van der Waals surface area contributed by atoms with Crippen molar-refractivity contribution >= 4 is 17.6 Å². The van der Waals surface area contributed by atoms with Gasteiger partial charge in [0.2, 0.25) is 5.91 Å². The van der Waals surface area contributed by atoms with Crippen LogP contribution in [0.4, 0.5) is 5.69 Å². The number of anilines is 1. The van der Waals surface area contributed by atoms with Crippen molar-refractivity contribution < 1.29 is 4.79 Å². The van der Waals surface area contributed by atoms with Crippen molar-refractivity contribution in [3.63, 3.8) is 0 Å². The van der Waals surface area contributed by atoms with Crippen LogP contribution in [0.25, 0.3) is 0 Å². The Balaban J connectivity index is 1.36. The minimum absolute atomic E-state index is 0.140. The monoisotopic (exact) mass is 433 g/mol. The van der Waals surface area contributed by atoms with Gasteiger partial charge in [0, 0.05) is 51.9 Å². The molecule has 0 aliphatic carbocycles. The molecule has 1 unspecified atom stereocenters. The Labute approximate surface area is 191 Å². The van der Waals surface area contributed by atoms with Gasteiger partial charge in [-0.05, 0) is 55.0 Å². The van der Waals surface area contributed by atoms with E-state index in [1.165, 1.54) is 35.2 Å². The zero-order valence-electron chi connectivity index (χ0n) is 19.3. The summed E-state index contributed by atoms with van der Waals surface area (Å²) < 4.78 is 0. The summed E-state index contributed by atoms with van der Waals surface area (Å²) in [6, 6.07) is 17.3. The molecule has 2 aromatic carbocycles. The first-order chi connectivity index (χ1) is 15.6. The molecule has 6 nitrogen and oxygen atoms in total. The molecule has 32 heavy (non-hydrogen) atoms. The minimum atomic E-state index is 0.140. The lowest BCUT2D eigenvalue weighted by atomic mass is 10.1. The molecule has 0 aromatic heterocycles. The van der Waals surface area contributed by atoms with Crippen LogP contribution in [0.15, 0.2) is 53.5 Å². The van der Waals surface area contributed by atoms with E-state index in [1.807, 2.05) is 11.0 Å². The van der Waals surface area contributed by atoms with Crippen molar-refractivity contribution in [3.05, 3.63) is 65.2 Å². The number of nitrogens with zero attached hydrogens (tertiary/aromatic N) is 3. The molecule has 4 rings (SSSR count). The van der Waals surface area contributed by atoms with Crippen LogP contribution in [0.2, 0.25) is 0 Å². The van der Waals surface area contributed by atoms with Crippen molar-refractivity contribution in [1.82, 2.24) is 15.5 Å². The standard InChI is InChI=1S/C26H35N5O/c1-20(21-11-7-12-24(17-21)30-14-5-6-15-30)29-26(27-2)28-18-22-9-3-4-10-23(22)19-31-16-8-13-25(31)32/h3-4,7,9-12,17,20H,5-6,8,13-16,18-19H2,1-2H3,(H2,27,28,29). The molecule has 2 aliphatic rings. The molecule has 1 amide bonds. The summed E-state index contributed by atoms with van der Waals surface area (Å²) in [7, 11) is 1.80. The van der Waals surface area contributed by atoms with Gasteiger partial charge in [0.25, 0.3) is 0 Å². The van der Waals surface area contributed by atoms with Gasteiger partial charge in [-0.1, -0.05) is 36.4 Å². The fourth-order valence-corrected chi connectivity index (χ4v) is 4.59. The molecule has 0 radical (unpaired) electrons. The zero-order chi connectivity index (χ0) is 22.3. The number of nitrogens with one attached hydrogen (secondary N) is 2. The first-order valence-corrected chi connectivity index (χ1v) is 11.8. The summed E-state index contributed by atoms with van der Waals surface area (Å²) >= 11 is 0. The van der Waals surface area contributed by atoms with E-state index in [0.29, 0.717) is 19.5 Å². The highest BCUT2D eigenvalue weighted by Gasteiger charge is 2.21. The van der Waals surface area contributed by atoms with E-state index in [-0.39, 0.29) is 11.9 Å². The molecule has 6 heteroatoms. The Morgan fingerprint density at radius 3 is 2.53 bits per heavy atom. The summed E-state index contributed by atoms with van der Waals surface area (Å²) in [6.07, 6.45) is 4.20. The molecule has 2 fully saturated rings. The van der Waals surface area contributed by atoms with Gasteiger partial charge in [0.15, 0.2) is 5.96 Å². The molecule has 2 saturated heterocycles. The van der Waals surface area contributed by atoms with Crippen LogP contribution in [-0.4, -0.2) is 43.4 Å². The maximum atomic E-state index is 12.0. The lowest BCUT2D eigenvalue weighted by molar-refractivity contribution is -0.128. The highest BCUT2D eigenvalue weighted by molar-refractivity contribution is 5.80. The molecule has 2 N–H and O–H groups in total. The van der Waals surface area contributed by atoms with Crippen LogP contribution in [-0.2, 0) is 17.9 Å². The number of amides is 1. The van der Waals surface area contributed by atoms with Gasteiger partial charge >= 0.3 is 0 Å². The Morgan fingerprint density at radius 1 is 1.03 bits per heavy atom. The molecule has 2 aromatic rings. The smallest absolute Gasteiger partial charge is 0.222 e. The quantitative estimate of drug-likeness (QED) is 0.515. The molecule has 170 valence electrons. The number of hydrogen-bond acceptors (Lipinski definition) is 3. The third-order valence-electron chi connectivity index (χ3n) is 6.52. The van der Waals surface area contributed by atoms with E-state index in [9.17, 15) is 4.79 Å². The van der Waals surface area contributed by atoms with Crippen LogP contribution in [0.3, 0.4) is 0 Å². The molecule has 0 bridgehead atoms. The van der Waals surface area contributed by atoms with Crippen molar-refractivity contribution in [2.45, 2.75) is 51.7 Å². The number of rotatable bonds is 7. The molecule has 0 spiro atoms. The summed E-state index contributed by atoms with van der Waals surface area (Å²) in [5, 5.41) is 6.98. The second-order valence-electron chi connectivity index (χ2n) is 8.77. The Kier molecular flexibility index (Phi) is 7.30. The second kappa shape index (κ2) is 10.5. The average molecular weight is 434 g/mol. The number of guanidine groups is 1. The summed E-state index contributed by atoms with van der Waals surface area (Å²) in [5.74, 6) is 1.03. The van der Waals surface area contributed by atoms with Crippen molar-refractivity contribution in [2.24, 2.45) is 4.99 Å². The van der Waals surface area contributed by atoms with Gasteiger partial charge in [-0.25, -0.2) is 0 Å². The van der Waals surface area contributed by atoms with E-state index >= 15 is 0 Å². The van der Waals surface area contributed by atoms with Crippen LogP contribution >= 0.6 is 0 Å². The SMILES string of the molecule is CN=C(NCc1ccccc1CN1CCCC1=O)NC(C)c1cccc(N2CCCC2)c1. The summed E-state index contributed by atoms with van der Waals surface area (Å²) in [4.78, 5) is 20.9. The molecule has 1 atom stereocenters. The number of aliphatic imine (C=N–C) groups is 1. The zero-order valence-corrected chi connectivity index (χ0v) is 19.3. The third-order valence-corrected chi connectivity index (χ3v) is 6.52. The highest BCUT2D eigenvalue weighted by atomic mass is 16.2. The van der Waals surface area contributed by atoms with Gasteiger partial charge < -0.3 is 20.4 Å². The predicted octanol–water partition coefficient (Wildman–Crippen LogP) is 3.84. The van der Waals surface area contributed by atoms with E-state index in [1.54, 1.807) is 7.05 Å². The summed E-state index contributed by atoms with van der Waals surface area (Å²) in [6.45, 7) is 6.68. The van der Waals surface area contributed by atoms with Gasteiger partial charge in [0.05, 0.1) is 6.04 Å². The average Bonchev–Trinajstić information content (AvgIpc) is 3.50. The summed E-state index contributed by atoms with van der Waals surface area (Å²) in [5.41, 5.74) is 4.95. The number of carbonyl (C=O) groups excluding carboxylic acids is 1. The molecule has 0 saturated carbocycles. The van der Waals surface area contributed by atoms with Gasteiger partial charge in [-0.15, -0.1) is 0 Å². The first-order valence-electron chi connectivity index (χ1n) is 11.8. The number of hydrogen-bond donors (Lipinski definition) is 2. The maximum Gasteiger partial charge on any atom is 0.222 e. The van der Waals surface area contributed by atoms with Crippen LogP contribution in [0.5, 0.6) is 0 Å². The number of carbonyl (C=O) groups is 1. The van der Waals surface area contributed by atoms with Crippen molar-refractivity contribution in [1.29, 1.82) is 0 Å². The van der Waals surface area contributed by atoms with Crippen molar-refractivity contribution in [2.75, 3.05) is 31.6 Å². The largest absolute Gasteiger partial charge is 0.372 e. The molecular formula is C26H35N5O. The lowest BCUT2D eigenvalue weighted by Crippen LogP contribution is -2.38. The lowest BCUT2D eigenvalue weighted by Gasteiger charge is -2.22. The van der Waals surface area contributed by atoms with Crippen LogP contribution < -0.4 is 15.5 Å². The topological polar surface area (TPSA) is 60.0 Å². The van der Waals surface area contributed by atoms with E-state index in [0.717, 1.165) is 32.0 Å². The molecule has 2 aliphatic heterocycles. The number of benzene rings is 2. The van der Waals surface area contributed by atoms with Gasteiger partial charge in [-0.3, -0.25) is 9.79 Å². The van der Waals surface area contributed by atoms with Gasteiger partial charge in [-0.2, -0.15) is 0 Å². The Morgan fingerprint density at radius 2 is 1.81 bits per heavy atom. The Bertz CT molecular complexity index is 951. The maximum absolute atomic E-state index is 12.0. The molecular weight excluding hydrogens is 398 g/mol. The van der Waals surface area contributed by atoms with E-state index in [4.69, 9.17) is 0 Å².